The van der Waals surface area contributed by atoms with Crippen molar-refractivity contribution in [2.75, 3.05) is 5.75 Å². The minimum atomic E-state index is -0.124. The molecular formula is C14H13ClN2OS2. The highest BCUT2D eigenvalue weighted by molar-refractivity contribution is 8.00. The van der Waals surface area contributed by atoms with Crippen LogP contribution in [-0.2, 0) is 4.79 Å². The first-order chi connectivity index (χ1) is 9.65. The number of hydrogen-bond acceptors (Lipinski definition) is 4. The number of carbonyl (C=O) groups excluding carboxylic acids is 1. The van der Waals surface area contributed by atoms with Crippen LogP contribution >= 0.6 is 34.7 Å². The zero-order valence-electron chi connectivity index (χ0n) is 10.8. The van der Waals surface area contributed by atoms with E-state index in [1.54, 1.807) is 23.5 Å². The Hall–Kier alpha value is -1.30. The van der Waals surface area contributed by atoms with Gasteiger partial charge < -0.3 is 0 Å². The van der Waals surface area contributed by atoms with Crippen LogP contribution in [0.2, 0.25) is 5.02 Å². The summed E-state index contributed by atoms with van der Waals surface area (Å²) in [6.07, 6.45) is 0. The molecule has 0 saturated heterocycles. The number of nitrogens with zero attached hydrogens (tertiary/aromatic N) is 1. The summed E-state index contributed by atoms with van der Waals surface area (Å²) in [5, 5.41) is 6.75. The highest BCUT2D eigenvalue weighted by Crippen LogP contribution is 2.19. The van der Waals surface area contributed by atoms with Gasteiger partial charge in [0.1, 0.15) is 0 Å². The third-order valence-electron chi connectivity index (χ3n) is 2.41. The molecule has 1 heterocycles. The summed E-state index contributed by atoms with van der Waals surface area (Å²) in [7, 11) is 0. The van der Waals surface area contributed by atoms with E-state index in [1.165, 1.54) is 11.8 Å². The Labute approximate surface area is 131 Å². The largest absolute Gasteiger partial charge is 0.272 e. The van der Waals surface area contributed by atoms with Gasteiger partial charge >= 0.3 is 0 Å². The normalized spacial score (nSPS) is 11.4. The van der Waals surface area contributed by atoms with Gasteiger partial charge in [-0.15, -0.1) is 23.1 Å². The molecule has 0 aliphatic carbocycles. The molecule has 0 unspecified atom stereocenters. The van der Waals surface area contributed by atoms with Gasteiger partial charge in [0.25, 0.3) is 0 Å². The number of thiophene rings is 1. The van der Waals surface area contributed by atoms with Gasteiger partial charge in [0.2, 0.25) is 5.91 Å². The smallest absolute Gasteiger partial charge is 0.250 e. The number of rotatable bonds is 5. The Morgan fingerprint density at radius 1 is 1.35 bits per heavy atom. The Morgan fingerprint density at radius 2 is 2.10 bits per heavy atom. The van der Waals surface area contributed by atoms with Gasteiger partial charge in [-0.2, -0.15) is 5.10 Å². The maximum atomic E-state index is 11.7. The van der Waals surface area contributed by atoms with Crippen molar-refractivity contribution in [3.63, 3.8) is 0 Å². The summed E-state index contributed by atoms with van der Waals surface area (Å²) in [4.78, 5) is 13.8. The van der Waals surface area contributed by atoms with Crippen LogP contribution in [0.4, 0.5) is 0 Å². The fourth-order valence-corrected chi connectivity index (χ4v) is 2.89. The monoisotopic (exact) mass is 324 g/mol. The van der Waals surface area contributed by atoms with Gasteiger partial charge in [0.05, 0.1) is 11.5 Å². The fraction of sp³-hybridized carbons (Fsp3) is 0.143. The van der Waals surface area contributed by atoms with E-state index in [1.807, 2.05) is 36.6 Å². The molecule has 104 valence electrons. The lowest BCUT2D eigenvalue weighted by Crippen LogP contribution is -2.20. The quantitative estimate of drug-likeness (QED) is 0.512. The van der Waals surface area contributed by atoms with E-state index in [-0.39, 0.29) is 5.91 Å². The van der Waals surface area contributed by atoms with Crippen molar-refractivity contribution in [2.24, 2.45) is 5.10 Å². The first kappa shape index (κ1) is 15.1. The number of carbonyl (C=O) groups is 1. The predicted octanol–water partition coefficient (Wildman–Crippen LogP) is 4.03. The summed E-state index contributed by atoms with van der Waals surface area (Å²) in [5.41, 5.74) is 3.37. The molecule has 2 aromatic rings. The number of benzene rings is 1. The standard InChI is InChI=1S/C14H13ClN2OS2/c1-10(13-3-2-8-19-13)16-17-14(18)9-20-12-6-4-11(15)5-7-12/h2-8H,9H2,1H3,(H,17,18)/b16-10-. The third kappa shape index (κ3) is 4.67. The lowest BCUT2D eigenvalue weighted by molar-refractivity contribution is -0.118. The number of thioether (sulfide) groups is 1. The molecule has 2 rings (SSSR count). The second-order valence-corrected chi connectivity index (χ2v) is 6.38. The molecule has 0 aliphatic rings. The number of nitrogens with one attached hydrogen (secondary N) is 1. The van der Waals surface area contributed by atoms with Crippen LogP contribution in [0.3, 0.4) is 0 Å². The third-order valence-corrected chi connectivity index (χ3v) is 4.65. The Morgan fingerprint density at radius 3 is 2.75 bits per heavy atom. The summed E-state index contributed by atoms with van der Waals surface area (Å²) in [5.74, 6) is 0.198. The van der Waals surface area contributed by atoms with Crippen molar-refractivity contribution >= 4 is 46.3 Å². The zero-order chi connectivity index (χ0) is 14.4. The van der Waals surface area contributed by atoms with Gasteiger partial charge in [0, 0.05) is 14.8 Å². The molecule has 1 amide bonds. The molecular weight excluding hydrogens is 312 g/mol. The van der Waals surface area contributed by atoms with E-state index in [2.05, 4.69) is 10.5 Å². The number of amides is 1. The average molecular weight is 325 g/mol. The average Bonchev–Trinajstić information content (AvgIpc) is 2.98. The van der Waals surface area contributed by atoms with Crippen LogP contribution in [0.15, 0.2) is 51.8 Å². The van der Waals surface area contributed by atoms with Crippen LogP contribution in [-0.4, -0.2) is 17.4 Å². The molecule has 0 radical (unpaired) electrons. The van der Waals surface area contributed by atoms with E-state index in [9.17, 15) is 4.79 Å². The molecule has 20 heavy (non-hydrogen) atoms. The summed E-state index contributed by atoms with van der Waals surface area (Å²) >= 11 is 8.85. The molecule has 1 aromatic carbocycles. The Kier molecular flexibility index (Phi) is 5.64. The lowest BCUT2D eigenvalue weighted by Gasteiger charge is -2.02. The Balaban J connectivity index is 1.81. The fourth-order valence-electron chi connectivity index (χ4n) is 1.40. The van der Waals surface area contributed by atoms with Crippen molar-refractivity contribution in [1.29, 1.82) is 0 Å². The van der Waals surface area contributed by atoms with Crippen LogP contribution in [0.25, 0.3) is 0 Å². The Bertz CT molecular complexity index is 594. The van der Waals surface area contributed by atoms with Gasteiger partial charge in [0.15, 0.2) is 0 Å². The molecule has 3 nitrogen and oxygen atoms in total. The maximum Gasteiger partial charge on any atom is 0.250 e. The molecule has 0 atom stereocenters. The van der Waals surface area contributed by atoms with Crippen LogP contribution in [0, 0.1) is 0 Å². The van der Waals surface area contributed by atoms with E-state index < -0.39 is 0 Å². The summed E-state index contributed by atoms with van der Waals surface area (Å²) in [6.45, 7) is 1.87. The predicted molar refractivity (Wildman–Crippen MR) is 86.8 cm³/mol. The van der Waals surface area contributed by atoms with E-state index in [4.69, 9.17) is 11.6 Å². The summed E-state index contributed by atoms with van der Waals surface area (Å²) in [6, 6.07) is 11.3. The van der Waals surface area contributed by atoms with Crippen LogP contribution < -0.4 is 5.43 Å². The molecule has 6 heteroatoms. The topological polar surface area (TPSA) is 41.5 Å². The molecule has 1 N–H and O–H groups in total. The van der Waals surface area contributed by atoms with E-state index in [0.717, 1.165) is 15.5 Å². The molecule has 0 saturated carbocycles. The minimum absolute atomic E-state index is 0.124. The highest BCUT2D eigenvalue weighted by atomic mass is 35.5. The minimum Gasteiger partial charge on any atom is -0.272 e. The van der Waals surface area contributed by atoms with E-state index >= 15 is 0 Å². The highest BCUT2D eigenvalue weighted by Gasteiger charge is 2.03. The molecule has 0 spiro atoms. The summed E-state index contributed by atoms with van der Waals surface area (Å²) < 4.78 is 0. The van der Waals surface area contributed by atoms with Gasteiger partial charge in [-0.3, -0.25) is 4.79 Å². The van der Waals surface area contributed by atoms with Gasteiger partial charge in [-0.05, 0) is 42.6 Å². The first-order valence-electron chi connectivity index (χ1n) is 5.90. The zero-order valence-corrected chi connectivity index (χ0v) is 13.2. The number of hydrogen-bond donors (Lipinski definition) is 1. The second kappa shape index (κ2) is 7.47. The second-order valence-electron chi connectivity index (χ2n) is 3.95. The number of halogens is 1. The van der Waals surface area contributed by atoms with Crippen molar-refractivity contribution < 1.29 is 4.79 Å². The van der Waals surface area contributed by atoms with Crippen molar-refractivity contribution in [1.82, 2.24) is 5.43 Å². The lowest BCUT2D eigenvalue weighted by atomic mass is 10.3. The van der Waals surface area contributed by atoms with Crippen molar-refractivity contribution in [3.8, 4) is 0 Å². The van der Waals surface area contributed by atoms with Crippen molar-refractivity contribution in [3.05, 3.63) is 51.7 Å². The molecule has 0 bridgehead atoms. The number of hydrazone groups is 1. The van der Waals surface area contributed by atoms with Gasteiger partial charge in [-0.1, -0.05) is 17.7 Å². The molecule has 0 aliphatic heterocycles. The van der Waals surface area contributed by atoms with Crippen molar-refractivity contribution in [2.45, 2.75) is 11.8 Å². The van der Waals surface area contributed by atoms with Crippen LogP contribution in [0.1, 0.15) is 11.8 Å². The van der Waals surface area contributed by atoms with Crippen LogP contribution in [0.5, 0.6) is 0 Å². The SMILES string of the molecule is C/C(=N/NC(=O)CSc1ccc(Cl)cc1)c1cccs1. The molecule has 0 fully saturated rings. The first-order valence-corrected chi connectivity index (χ1v) is 8.15. The van der Waals surface area contributed by atoms with Gasteiger partial charge in [-0.25, -0.2) is 5.43 Å². The maximum absolute atomic E-state index is 11.7. The van der Waals surface area contributed by atoms with E-state index in [0.29, 0.717) is 10.8 Å². The molecule has 1 aromatic heterocycles.